The number of rotatable bonds is 2. The van der Waals surface area contributed by atoms with Gasteiger partial charge in [-0.05, 0) is 42.8 Å². The second-order valence-corrected chi connectivity index (χ2v) is 5.16. The molecule has 2 nitrogen and oxygen atoms in total. The van der Waals surface area contributed by atoms with Crippen LogP contribution >= 0.6 is 27.5 Å². The zero-order valence-electron chi connectivity index (χ0n) is 9.71. The number of carbonyl (C=O) groups is 1. The molecular formula is C14H11BrClNO. The molecule has 1 N–H and O–H groups in total. The first-order chi connectivity index (χ1) is 8.58. The number of halogens is 2. The fraction of sp³-hybridized carbons (Fsp3) is 0.0714. The number of para-hydroxylation sites is 1. The Labute approximate surface area is 119 Å². The summed E-state index contributed by atoms with van der Waals surface area (Å²) in [4.78, 5) is 12.0. The van der Waals surface area contributed by atoms with Crippen molar-refractivity contribution in [2.24, 2.45) is 0 Å². The molecule has 1 amide bonds. The Morgan fingerprint density at radius 3 is 2.61 bits per heavy atom. The van der Waals surface area contributed by atoms with Gasteiger partial charge in [0.15, 0.2) is 0 Å². The van der Waals surface area contributed by atoms with Gasteiger partial charge in [-0.3, -0.25) is 4.79 Å². The zero-order chi connectivity index (χ0) is 13.1. The molecule has 2 aromatic carbocycles. The summed E-state index contributed by atoms with van der Waals surface area (Å²) in [7, 11) is 0. The molecule has 0 atom stereocenters. The third-order valence-corrected chi connectivity index (χ3v) is 3.76. The molecule has 4 heteroatoms. The molecule has 0 aliphatic heterocycles. The monoisotopic (exact) mass is 323 g/mol. The molecular weight excluding hydrogens is 314 g/mol. The third kappa shape index (κ3) is 2.92. The highest BCUT2D eigenvalue weighted by molar-refractivity contribution is 9.10. The normalized spacial score (nSPS) is 10.2. The van der Waals surface area contributed by atoms with Gasteiger partial charge in [-0.2, -0.15) is 0 Å². The SMILES string of the molecule is Cc1cc(C(=O)Nc2ccccc2Cl)ccc1Br. The fourth-order valence-electron chi connectivity index (χ4n) is 1.54. The van der Waals surface area contributed by atoms with Crippen LogP contribution in [0.2, 0.25) is 5.02 Å². The van der Waals surface area contributed by atoms with Gasteiger partial charge in [0.1, 0.15) is 0 Å². The van der Waals surface area contributed by atoms with Crippen LogP contribution in [0.15, 0.2) is 46.9 Å². The number of anilines is 1. The van der Waals surface area contributed by atoms with E-state index in [1.165, 1.54) is 0 Å². The molecule has 2 rings (SSSR count). The second-order valence-electron chi connectivity index (χ2n) is 3.90. The molecule has 0 aromatic heterocycles. The lowest BCUT2D eigenvalue weighted by Gasteiger charge is -2.08. The Morgan fingerprint density at radius 1 is 1.22 bits per heavy atom. The van der Waals surface area contributed by atoms with E-state index in [2.05, 4.69) is 21.2 Å². The number of aryl methyl sites for hydroxylation is 1. The lowest BCUT2D eigenvalue weighted by molar-refractivity contribution is 0.102. The van der Waals surface area contributed by atoms with E-state index >= 15 is 0 Å². The van der Waals surface area contributed by atoms with Crippen LogP contribution in [0, 0.1) is 6.92 Å². The summed E-state index contributed by atoms with van der Waals surface area (Å²) in [5.41, 5.74) is 2.24. The second kappa shape index (κ2) is 5.55. The highest BCUT2D eigenvalue weighted by Gasteiger charge is 2.09. The van der Waals surface area contributed by atoms with Gasteiger partial charge in [-0.15, -0.1) is 0 Å². The molecule has 0 aliphatic carbocycles. The van der Waals surface area contributed by atoms with Crippen molar-refractivity contribution in [3.05, 3.63) is 63.1 Å². The largest absolute Gasteiger partial charge is 0.321 e. The van der Waals surface area contributed by atoms with Crippen LogP contribution in [0.3, 0.4) is 0 Å². The summed E-state index contributed by atoms with van der Waals surface area (Å²) in [6.07, 6.45) is 0. The van der Waals surface area contributed by atoms with Crippen LogP contribution in [0.5, 0.6) is 0 Å². The molecule has 0 saturated heterocycles. The Morgan fingerprint density at radius 2 is 1.94 bits per heavy atom. The molecule has 0 radical (unpaired) electrons. The van der Waals surface area contributed by atoms with Crippen molar-refractivity contribution in [1.29, 1.82) is 0 Å². The number of hydrogen-bond acceptors (Lipinski definition) is 1. The lowest BCUT2D eigenvalue weighted by Crippen LogP contribution is -2.12. The van der Waals surface area contributed by atoms with Crippen molar-refractivity contribution in [2.45, 2.75) is 6.92 Å². The van der Waals surface area contributed by atoms with Gasteiger partial charge in [0.05, 0.1) is 10.7 Å². The Kier molecular flexibility index (Phi) is 4.04. The maximum absolute atomic E-state index is 12.0. The minimum atomic E-state index is -0.168. The summed E-state index contributed by atoms with van der Waals surface area (Å²) >= 11 is 9.39. The van der Waals surface area contributed by atoms with Gasteiger partial charge in [0.2, 0.25) is 0 Å². The minimum Gasteiger partial charge on any atom is -0.321 e. The van der Waals surface area contributed by atoms with Gasteiger partial charge in [0, 0.05) is 10.0 Å². The molecule has 0 heterocycles. The Bertz CT molecular complexity index is 598. The summed E-state index contributed by atoms with van der Waals surface area (Å²) < 4.78 is 0.983. The van der Waals surface area contributed by atoms with Crippen LogP contribution in [-0.2, 0) is 0 Å². The van der Waals surface area contributed by atoms with Gasteiger partial charge >= 0.3 is 0 Å². The molecule has 2 aromatic rings. The van der Waals surface area contributed by atoms with Crippen molar-refractivity contribution in [3.63, 3.8) is 0 Å². The van der Waals surface area contributed by atoms with Crippen molar-refractivity contribution < 1.29 is 4.79 Å². The summed E-state index contributed by atoms with van der Waals surface area (Å²) in [5.74, 6) is -0.168. The number of benzene rings is 2. The average molecular weight is 325 g/mol. The van der Waals surface area contributed by atoms with Crippen molar-refractivity contribution in [3.8, 4) is 0 Å². The number of hydrogen-bond donors (Lipinski definition) is 1. The van der Waals surface area contributed by atoms with Crippen LogP contribution in [0.25, 0.3) is 0 Å². The van der Waals surface area contributed by atoms with E-state index in [-0.39, 0.29) is 5.91 Å². The molecule has 0 saturated carbocycles. The Balaban J connectivity index is 2.22. The molecule has 0 fully saturated rings. The van der Waals surface area contributed by atoms with E-state index in [9.17, 15) is 4.79 Å². The van der Waals surface area contributed by atoms with Crippen molar-refractivity contribution in [1.82, 2.24) is 0 Å². The highest BCUT2D eigenvalue weighted by atomic mass is 79.9. The molecule has 0 aliphatic rings. The van der Waals surface area contributed by atoms with E-state index in [4.69, 9.17) is 11.6 Å². The number of carbonyl (C=O) groups excluding carboxylic acids is 1. The molecule has 92 valence electrons. The van der Waals surface area contributed by atoms with Gasteiger partial charge in [0.25, 0.3) is 5.91 Å². The summed E-state index contributed by atoms with van der Waals surface area (Å²) in [5, 5.41) is 3.31. The standard InChI is InChI=1S/C14H11BrClNO/c1-9-8-10(6-7-11(9)15)14(18)17-13-5-3-2-4-12(13)16/h2-8H,1H3,(H,17,18). The highest BCUT2D eigenvalue weighted by Crippen LogP contribution is 2.22. The third-order valence-electron chi connectivity index (χ3n) is 2.54. The first-order valence-corrected chi connectivity index (χ1v) is 6.57. The molecule has 0 bridgehead atoms. The number of nitrogens with one attached hydrogen (secondary N) is 1. The quantitative estimate of drug-likeness (QED) is 0.855. The lowest BCUT2D eigenvalue weighted by atomic mass is 10.1. The van der Waals surface area contributed by atoms with Crippen molar-refractivity contribution in [2.75, 3.05) is 5.32 Å². The van der Waals surface area contributed by atoms with Gasteiger partial charge in [-0.1, -0.05) is 39.7 Å². The van der Waals surface area contributed by atoms with Gasteiger partial charge < -0.3 is 5.32 Å². The van der Waals surface area contributed by atoms with Crippen LogP contribution in [0.1, 0.15) is 15.9 Å². The molecule has 18 heavy (non-hydrogen) atoms. The zero-order valence-corrected chi connectivity index (χ0v) is 12.0. The first kappa shape index (κ1) is 13.1. The first-order valence-electron chi connectivity index (χ1n) is 5.40. The Hall–Kier alpha value is -1.32. The smallest absolute Gasteiger partial charge is 0.255 e. The maximum Gasteiger partial charge on any atom is 0.255 e. The van der Waals surface area contributed by atoms with Crippen LogP contribution in [-0.4, -0.2) is 5.91 Å². The average Bonchev–Trinajstić information content (AvgIpc) is 2.35. The van der Waals surface area contributed by atoms with Crippen LogP contribution in [0.4, 0.5) is 5.69 Å². The fourth-order valence-corrected chi connectivity index (χ4v) is 1.97. The predicted octanol–water partition coefficient (Wildman–Crippen LogP) is 4.66. The number of amides is 1. The van der Waals surface area contributed by atoms with E-state index in [0.717, 1.165) is 10.0 Å². The van der Waals surface area contributed by atoms with E-state index in [1.54, 1.807) is 18.2 Å². The molecule has 0 spiro atoms. The summed E-state index contributed by atoms with van der Waals surface area (Å²) in [6, 6.07) is 12.6. The molecule has 0 unspecified atom stereocenters. The van der Waals surface area contributed by atoms with Crippen molar-refractivity contribution >= 4 is 39.1 Å². The topological polar surface area (TPSA) is 29.1 Å². The summed E-state index contributed by atoms with van der Waals surface area (Å²) in [6.45, 7) is 1.94. The minimum absolute atomic E-state index is 0.168. The van der Waals surface area contributed by atoms with E-state index in [1.807, 2.05) is 31.2 Å². The van der Waals surface area contributed by atoms with Gasteiger partial charge in [-0.25, -0.2) is 0 Å². The predicted molar refractivity (Wildman–Crippen MR) is 78.3 cm³/mol. The van der Waals surface area contributed by atoms with E-state index < -0.39 is 0 Å². The van der Waals surface area contributed by atoms with Crippen LogP contribution < -0.4 is 5.32 Å². The maximum atomic E-state index is 12.0. The van der Waals surface area contributed by atoms with E-state index in [0.29, 0.717) is 16.3 Å².